The molecule has 2 N–H and O–H groups in total. The summed E-state index contributed by atoms with van der Waals surface area (Å²) >= 11 is 0. The highest BCUT2D eigenvalue weighted by atomic mass is 19.1. The van der Waals surface area contributed by atoms with Gasteiger partial charge >= 0.3 is 11.9 Å². The van der Waals surface area contributed by atoms with Gasteiger partial charge in [0.2, 0.25) is 6.10 Å². The summed E-state index contributed by atoms with van der Waals surface area (Å²) in [6.07, 6.45) is -0.620. The maximum atomic E-state index is 12.9. The molecule has 1 saturated heterocycles. The van der Waals surface area contributed by atoms with Gasteiger partial charge in [-0.05, 0) is 18.2 Å². The first kappa shape index (κ1) is 11.4. The van der Waals surface area contributed by atoms with Crippen molar-refractivity contribution in [2.24, 2.45) is 0 Å². The molecular formula is C11H10FNO4. The van der Waals surface area contributed by atoms with Gasteiger partial charge in [-0.2, -0.15) is 0 Å². The minimum absolute atomic E-state index is 0.0929. The summed E-state index contributed by atoms with van der Waals surface area (Å²) in [4.78, 5) is 22.7. The highest BCUT2D eigenvalue weighted by molar-refractivity contribution is 5.96. The zero-order chi connectivity index (χ0) is 12.4. The van der Waals surface area contributed by atoms with Gasteiger partial charge in [-0.3, -0.25) is 0 Å². The molecule has 1 heterocycles. The van der Waals surface area contributed by atoms with Gasteiger partial charge in [0.05, 0.1) is 12.2 Å². The number of hydrogen-bond donors (Lipinski definition) is 1. The Hall–Kier alpha value is -2.11. The van der Waals surface area contributed by atoms with Crippen molar-refractivity contribution >= 4 is 17.6 Å². The lowest BCUT2D eigenvalue weighted by atomic mass is 10.2. The highest BCUT2D eigenvalue weighted by Crippen LogP contribution is 2.18. The molecule has 0 aliphatic carbocycles. The van der Waals surface area contributed by atoms with Crippen molar-refractivity contribution < 1.29 is 23.5 Å². The first-order valence-electron chi connectivity index (χ1n) is 5.00. The molecule has 90 valence electrons. The standard InChI is InChI=1S/C11H10FNO4/c12-6-1-2-8(13)7(5-6)10(14)17-9-3-4-16-11(9)15/h1-2,5,9H,3-4,13H2. The van der Waals surface area contributed by atoms with E-state index in [1.54, 1.807) is 0 Å². The summed E-state index contributed by atoms with van der Waals surface area (Å²) in [6.45, 7) is 0.218. The van der Waals surface area contributed by atoms with Crippen LogP contribution < -0.4 is 5.73 Å². The van der Waals surface area contributed by atoms with Gasteiger partial charge in [-0.25, -0.2) is 14.0 Å². The molecule has 1 aromatic carbocycles. The molecule has 1 aliphatic heterocycles. The summed E-state index contributed by atoms with van der Waals surface area (Å²) in [5.74, 6) is -2.01. The van der Waals surface area contributed by atoms with Gasteiger partial charge in [-0.1, -0.05) is 0 Å². The van der Waals surface area contributed by atoms with Crippen molar-refractivity contribution in [3.8, 4) is 0 Å². The van der Waals surface area contributed by atoms with Crippen LogP contribution in [0.15, 0.2) is 18.2 Å². The second kappa shape index (κ2) is 4.40. The predicted octanol–water partition coefficient (Wildman–Crippen LogP) is 0.880. The maximum Gasteiger partial charge on any atom is 0.347 e. The molecule has 0 radical (unpaired) electrons. The van der Waals surface area contributed by atoms with E-state index in [1.165, 1.54) is 6.07 Å². The molecule has 0 saturated carbocycles. The van der Waals surface area contributed by atoms with Crippen LogP contribution in [0.5, 0.6) is 0 Å². The minimum Gasteiger partial charge on any atom is -0.463 e. The summed E-state index contributed by atoms with van der Waals surface area (Å²) in [5.41, 5.74) is 5.52. The number of ether oxygens (including phenoxy) is 2. The summed E-state index contributed by atoms with van der Waals surface area (Å²) < 4.78 is 22.5. The number of carbonyl (C=O) groups is 2. The molecule has 1 fully saturated rings. The Morgan fingerprint density at radius 1 is 1.53 bits per heavy atom. The third-order valence-electron chi connectivity index (χ3n) is 2.37. The van der Waals surface area contributed by atoms with Crippen molar-refractivity contribution in [2.45, 2.75) is 12.5 Å². The Balaban J connectivity index is 2.14. The van der Waals surface area contributed by atoms with E-state index in [0.29, 0.717) is 6.42 Å². The van der Waals surface area contributed by atoms with Crippen molar-refractivity contribution in [3.05, 3.63) is 29.6 Å². The van der Waals surface area contributed by atoms with E-state index in [2.05, 4.69) is 4.74 Å². The fourth-order valence-electron chi connectivity index (χ4n) is 1.48. The Labute approximate surface area is 96.3 Å². The topological polar surface area (TPSA) is 78.6 Å². The second-order valence-corrected chi connectivity index (χ2v) is 3.58. The number of halogens is 1. The lowest BCUT2D eigenvalue weighted by Crippen LogP contribution is -2.23. The third-order valence-corrected chi connectivity index (χ3v) is 2.37. The molecule has 0 amide bonds. The smallest absolute Gasteiger partial charge is 0.347 e. The van der Waals surface area contributed by atoms with E-state index >= 15 is 0 Å². The fraction of sp³-hybridized carbons (Fsp3) is 0.273. The monoisotopic (exact) mass is 239 g/mol. The number of carbonyl (C=O) groups excluding carboxylic acids is 2. The van der Waals surface area contributed by atoms with E-state index in [9.17, 15) is 14.0 Å². The van der Waals surface area contributed by atoms with Gasteiger partial charge in [0.15, 0.2) is 0 Å². The van der Waals surface area contributed by atoms with Crippen LogP contribution in [0.3, 0.4) is 0 Å². The van der Waals surface area contributed by atoms with Crippen molar-refractivity contribution in [3.63, 3.8) is 0 Å². The Kier molecular flexibility index (Phi) is 2.95. The molecule has 6 heteroatoms. The number of hydrogen-bond acceptors (Lipinski definition) is 5. The number of benzene rings is 1. The molecule has 17 heavy (non-hydrogen) atoms. The van der Waals surface area contributed by atoms with Crippen LogP contribution in [0.1, 0.15) is 16.8 Å². The highest BCUT2D eigenvalue weighted by Gasteiger charge is 2.31. The van der Waals surface area contributed by atoms with Crippen LogP contribution in [0.25, 0.3) is 0 Å². The number of esters is 2. The van der Waals surface area contributed by atoms with E-state index in [-0.39, 0.29) is 17.9 Å². The van der Waals surface area contributed by atoms with Crippen LogP contribution >= 0.6 is 0 Å². The molecule has 5 nitrogen and oxygen atoms in total. The summed E-state index contributed by atoms with van der Waals surface area (Å²) in [7, 11) is 0. The number of anilines is 1. The lowest BCUT2D eigenvalue weighted by Gasteiger charge is -2.09. The van der Waals surface area contributed by atoms with Crippen LogP contribution in [-0.2, 0) is 14.3 Å². The second-order valence-electron chi connectivity index (χ2n) is 3.58. The first-order chi connectivity index (χ1) is 8.08. The SMILES string of the molecule is Nc1ccc(F)cc1C(=O)OC1CCOC1=O. The molecule has 0 spiro atoms. The average Bonchev–Trinajstić information content (AvgIpc) is 2.68. The molecular weight excluding hydrogens is 229 g/mol. The van der Waals surface area contributed by atoms with Crippen LogP contribution in [-0.4, -0.2) is 24.6 Å². The molecule has 1 unspecified atom stereocenters. The summed E-state index contributed by atoms with van der Waals surface area (Å²) in [5, 5.41) is 0. The molecule has 1 aliphatic rings. The van der Waals surface area contributed by atoms with E-state index in [0.717, 1.165) is 12.1 Å². The van der Waals surface area contributed by atoms with E-state index in [4.69, 9.17) is 10.5 Å². The van der Waals surface area contributed by atoms with E-state index in [1.807, 2.05) is 0 Å². The Morgan fingerprint density at radius 3 is 2.94 bits per heavy atom. The summed E-state index contributed by atoms with van der Waals surface area (Å²) in [6, 6.07) is 3.37. The zero-order valence-electron chi connectivity index (χ0n) is 8.81. The average molecular weight is 239 g/mol. The molecule has 1 atom stereocenters. The number of nitrogen functional groups attached to an aromatic ring is 1. The normalized spacial score (nSPS) is 18.9. The molecule has 0 bridgehead atoms. The van der Waals surface area contributed by atoms with Crippen LogP contribution in [0.2, 0.25) is 0 Å². The third kappa shape index (κ3) is 2.35. The fourth-order valence-corrected chi connectivity index (χ4v) is 1.48. The van der Waals surface area contributed by atoms with Crippen LogP contribution in [0.4, 0.5) is 10.1 Å². The molecule has 0 aromatic heterocycles. The van der Waals surface area contributed by atoms with Crippen molar-refractivity contribution in [2.75, 3.05) is 12.3 Å². The van der Waals surface area contributed by atoms with Gasteiger partial charge < -0.3 is 15.2 Å². The Morgan fingerprint density at radius 2 is 2.29 bits per heavy atom. The zero-order valence-corrected chi connectivity index (χ0v) is 8.81. The van der Waals surface area contributed by atoms with Crippen molar-refractivity contribution in [1.82, 2.24) is 0 Å². The number of rotatable bonds is 2. The van der Waals surface area contributed by atoms with Gasteiger partial charge in [-0.15, -0.1) is 0 Å². The first-order valence-corrected chi connectivity index (χ1v) is 5.00. The maximum absolute atomic E-state index is 12.9. The largest absolute Gasteiger partial charge is 0.463 e. The number of cyclic esters (lactones) is 1. The van der Waals surface area contributed by atoms with Gasteiger partial charge in [0, 0.05) is 12.1 Å². The quantitative estimate of drug-likeness (QED) is 0.612. The Bertz CT molecular complexity index is 475. The van der Waals surface area contributed by atoms with Crippen molar-refractivity contribution in [1.29, 1.82) is 0 Å². The van der Waals surface area contributed by atoms with Gasteiger partial charge in [0.1, 0.15) is 5.82 Å². The minimum atomic E-state index is -0.926. The lowest BCUT2D eigenvalue weighted by molar-refractivity contribution is -0.145. The van der Waals surface area contributed by atoms with E-state index < -0.39 is 23.9 Å². The van der Waals surface area contributed by atoms with Gasteiger partial charge in [0.25, 0.3) is 0 Å². The van der Waals surface area contributed by atoms with Crippen LogP contribution in [0, 0.1) is 5.82 Å². The number of nitrogens with two attached hydrogens (primary N) is 1. The predicted molar refractivity (Wildman–Crippen MR) is 55.6 cm³/mol. The molecule has 2 rings (SSSR count). The molecule has 1 aromatic rings.